The van der Waals surface area contributed by atoms with E-state index in [4.69, 9.17) is 9.90 Å². The molecule has 0 aliphatic heterocycles. The van der Waals surface area contributed by atoms with Gasteiger partial charge in [0.05, 0.1) is 0 Å². The second kappa shape index (κ2) is 5.06. The standard InChI is InChI=1S/CH3F2NO2S.CH2O2/c2-1(3)7(4,5)6;2-1-3/h1H,(H2,4,5,6);1H,(H,2,3). The average Bonchev–Trinajstić information content (AvgIpc) is 1.64. The maximum Gasteiger partial charge on any atom is 0.350 e. The highest BCUT2D eigenvalue weighted by Crippen LogP contribution is 1.95. The lowest BCUT2D eigenvalue weighted by Gasteiger charge is -1.88. The number of primary sulfonamides is 1. The van der Waals surface area contributed by atoms with Gasteiger partial charge in [-0.2, -0.15) is 8.78 Å². The van der Waals surface area contributed by atoms with Crippen molar-refractivity contribution in [2.75, 3.05) is 0 Å². The van der Waals surface area contributed by atoms with Crippen LogP contribution in [0.3, 0.4) is 0 Å². The van der Waals surface area contributed by atoms with Crippen LogP contribution in [-0.4, -0.2) is 25.8 Å². The van der Waals surface area contributed by atoms with Gasteiger partial charge in [0.15, 0.2) is 0 Å². The number of carbonyl (C=O) groups is 1. The van der Waals surface area contributed by atoms with Crippen molar-refractivity contribution in [1.29, 1.82) is 0 Å². The maximum atomic E-state index is 10.8. The molecule has 0 aromatic rings. The predicted molar refractivity (Wildman–Crippen MR) is 27.8 cm³/mol. The van der Waals surface area contributed by atoms with Gasteiger partial charge in [-0.1, -0.05) is 0 Å². The van der Waals surface area contributed by atoms with E-state index in [-0.39, 0.29) is 6.47 Å². The van der Waals surface area contributed by atoms with Gasteiger partial charge in [-0.05, 0) is 0 Å². The van der Waals surface area contributed by atoms with Gasteiger partial charge < -0.3 is 5.11 Å². The summed E-state index contributed by atoms with van der Waals surface area (Å²) < 4.78 is 40.4. The number of rotatable bonds is 1. The summed E-state index contributed by atoms with van der Waals surface area (Å²) in [4.78, 5) is 8.36. The van der Waals surface area contributed by atoms with Crippen molar-refractivity contribution in [3.63, 3.8) is 0 Å². The van der Waals surface area contributed by atoms with Crippen LogP contribution in [0.5, 0.6) is 0 Å². The minimum Gasteiger partial charge on any atom is -0.483 e. The number of hydrogen-bond acceptors (Lipinski definition) is 3. The molecule has 0 fully saturated rings. The van der Waals surface area contributed by atoms with Crippen LogP contribution in [0.25, 0.3) is 0 Å². The van der Waals surface area contributed by atoms with Gasteiger partial charge in [-0.15, -0.1) is 0 Å². The van der Waals surface area contributed by atoms with Crippen LogP contribution in [0.1, 0.15) is 0 Å². The minimum absolute atomic E-state index is 0.250. The minimum atomic E-state index is -4.57. The van der Waals surface area contributed by atoms with Gasteiger partial charge in [-0.3, -0.25) is 4.79 Å². The highest BCUT2D eigenvalue weighted by atomic mass is 32.2. The molecule has 0 aliphatic rings. The molecule has 62 valence electrons. The number of alkyl halides is 2. The molecular weight excluding hydrogens is 172 g/mol. The first-order valence-corrected chi connectivity index (χ1v) is 3.34. The molecule has 0 spiro atoms. The van der Waals surface area contributed by atoms with E-state index in [0.717, 1.165) is 0 Å². The van der Waals surface area contributed by atoms with Crippen molar-refractivity contribution in [1.82, 2.24) is 0 Å². The van der Waals surface area contributed by atoms with E-state index in [1.807, 2.05) is 0 Å². The Balaban J connectivity index is 0. The molecule has 8 heteroatoms. The van der Waals surface area contributed by atoms with Gasteiger partial charge in [0, 0.05) is 0 Å². The Labute approximate surface area is 55.5 Å². The lowest BCUT2D eigenvalue weighted by atomic mass is 11.7. The van der Waals surface area contributed by atoms with Crippen LogP contribution in [0.2, 0.25) is 0 Å². The van der Waals surface area contributed by atoms with Crippen molar-refractivity contribution >= 4 is 16.5 Å². The Hall–Kier alpha value is -0.760. The van der Waals surface area contributed by atoms with Crippen LogP contribution in [0.15, 0.2) is 0 Å². The van der Waals surface area contributed by atoms with Crippen LogP contribution in [0, 0.1) is 0 Å². The summed E-state index contributed by atoms with van der Waals surface area (Å²) in [5.74, 6) is -3.45. The Morgan fingerprint density at radius 3 is 1.60 bits per heavy atom. The molecule has 0 heterocycles. The largest absolute Gasteiger partial charge is 0.483 e. The smallest absolute Gasteiger partial charge is 0.350 e. The Morgan fingerprint density at radius 1 is 1.50 bits per heavy atom. The fraction of sp³-hybridized carbons (Fsp3) is 0.500. The van der Waals surface area contributed by atoms with Gasteiger partial charge in [-0.25, -0.2) is 13.6 Å². The zero-order chi connectivity index (χ0) is 8.78. The molecule has 10 heavy (non-hydrogen) atoms. The summed E-state index contributed by atoms with van der Waals surface area (Å²) in [6, 6.07) is 0. The Kier molecular flexibility index (Phi) is 6.05. The summed E-state index contributed by atoms with van der Waals surface area (Å²) in [6.07, 6.45) is 0. The maximum absolute atomic E-state index is 10.8. The number of carboxylic acid groups (broad SMARTS) is 1. The van der Waals surface area contributed by atoms with E-state index in [1.54, 1.807) is 0 Å². The highest BCUT2D eigenvalue weighted by Gasteiger charge is 2.16. The summed E-state index contributed by atoms with van der Waals surface area (Å²) >= 11 is 0. The van der Waals surface area contributed by atoms with Crippen LogP contribution < -0.4 is 5.14 Å². The molecule has 0 radical (unpaired) electrons. The third kappa shape index (κ3) is 10.3. The average molecular weight is 177 g/mol. The van der Waals surface area contributed by atoms with E-state index >= 15 is 0 Å². The van der Waals surface area contributed by atoms with E-state index in [0.29, 0.717) is 0 Å². The van der Waals surface area contributed by atoms with Crippen molar-refractivity contribution < 1.29 is 27.1 Å². The second-order valence-electron chi connectivity index (χ2n) is 0.955. The summed E-state index contributed by atoms with van der Waals surface area (Å²) in [6.45, 7) is -0.250. The van der Waals surface area contributed by atoms with Crippen LogP contribution in [-0.2, 0) is 14.8 Å². The molecule has 0 aliphatic carbocycles. The molecule has 0 amide bonds. The van der Waals surface area contributed by atoms with Gasteiger partial charge in [0.1, 0.15) is 0 Å². The lowest BCUT2D eigenvalue weighted by molar-refractivity contribution is -0.122. The molecule has 0 saturated heterocycles. The second-order valence-corrected chi connectivity index (χ2v) is 2.49. The van der Waals surface area contributed by atoms with E-state index in [1.165, 1.54) is 0 Å². The van der Waals surface area contributed by atoms with Crippen LogP contribution >= 0.6 is 0 Å². The van der Waals surface area contributed by atoms with Gasteiger partial charge >= 0.3 is 5.76 Å². The number of halogens is 2. The first kappa shape index (κ1) is 12.0. The molecule has 0 rings (SSSR count). The Morgan fingerprint density at radius 2 is 1.60 bits per heavy atom. The third-order valence-electron chi connectivity index (χ3n) is 0.248. The predicted octanol–water partition coefficient (Wildman–Crippen LogP) is -0.802. The van der Waals surface area contributed by atoms with E-state index < -0.39 is 15.8 Å². The summed E-state index contributed by atoms with van der Waals surface area (Å²) in [5, 5.41) is 10.8. The molecule has 0 atom stereocenters. The fourth-order valence-corrected chi connectivity index (χ4v) is 0. The molecule has 3 N–H and O–H groups in total. The quantitative estimate of drug-likeness (QED) is 0.512. The molecule has 0 unspecified atom stereocenters. The van der Waals surface area contributed by atoms with E-state index in [2.05, 4.69) is 5.14 Å². The normalized spacial score (nSPS) is 10.0. The zero-order valence-corrected chi connectivity index (χ0v) is 5.38. The van der Waals surface area contributed by atoms with Crippen molar-refractivity contribution in [3.05, 3.63) is 0 Å². The fourth-order valence-electron chi connectivity index (χ4n) is 0. The molecule has 0 bridgehead atoms. The third-order valence-corrected chi connectivity index (χ3v) is 0.745. The SMILES string of the molecule is NS(=O)(=O)C(F)F.O=CO. The summed E-state index contributed by atoms with van der Waals surface area (Å²) in [7, 11) is -4.57. The number of sulfonamides is 1. The molecular formula is C2H5F2NO4S. The van der Waals surface area contributed by atoms with Crippen molar-refractivity contribution in [2.24, 2.45) is 5.14 Å². The topological polar surface area (TPSA) is 97.5 Å². The van der Waals surface area contributed by atoms with Crippen LogP contribution in [0.4, 0.5) is 8.78 Å². The van der Waals surface area contributed by atoms with Gasteiger partial charge in [0.25, 0.3) is 16.5 Å². The van der Waals surface area contributed by atoms with E-state index in [9.17, 15) is 17.2 Å². The Bertz CT molecular complexity index is 176. The first-order chi connectivity index (χ1) is 4.36. The molecule has 5 nitrogen and oxygen atoms in total. The molecule has 0 aromatic heterocycles. The molecule has 0 aromatic carbocycles. The monoisotopic (exact) mass is 177 g/mol. The van der Waals surface area contributed by atoms with Crippen molar-refractivity contribution in [2.45, 2.75) is 5.76 Å². The van der Waals surface area contributed by atoms with Gasteiger partial charge in [0.2, 0.25) is 0 Å². The zero-order valence-electron chi connectivity index (χ0n) is 4.57. The molecule has 0 saturated carbocycles. The summed E-state index contributed by atoms with van der Waals surface area (Å²) in [5.41, 5.74) is 0. The highest BCUT2D eigenvalue weighted by molar-refractivity contribution is 7.89. The lowest BCUT2D eigenvalue weighted by Crippen LogP contribution is -2.20. The number of nitrogens with two attached hydrogens (primary N) is 1. The first-order valence-electron chi connectivity index (χ1n) is 1.74. The van der Waals surface area contributed by atoms with Crippen molar-refractivity contribution in [3.8, 4) is 0 Å². The number of hydrogen-bond donors (Lipinski definition) is 2.